The van der Waals surface area contributed by atoms with Gasteiger partial charge in [-0.1, -0.05) is 20.3 Å². The molecule has 0 aliphatic carbocycles. The topological polar surface area (TPSA) is 57.6 Å². The van der Waals surface area contributed by atoms with Crippen LogP contribution in [0.4, 0.5) is 13.2 Å². The molecule has 0 fully saturated rings. The van der Waals surface area contributed by atoms with Crippen molar-refractivity contribution in [1.29, 1.82) is 0 Å². The van der Waals surface area contributed by atoms with Gasteiger partial charge in [0.1, 0.15) is 6.54 Å². The second-order valence-corrected chi connectivity index (χ2v) is 4.69. The lowest BCUT2D eigenvalue weighted by molar-refractivity contribution is -0.162. The van der Waals surface area contributed by atoms with Crippen molar-refractivity contribution >= 4 is 11.9 Å². The van der Waals surface area contributed by atoms with Gasteiger partial charge in [-0.05, 0) is 12.3 Å². The lowest BCUT2D eigenvalue weighted by Gasteiger charge is -2.25. The van der Waals surface area contributed by atoms with E-state index in [-0.39, 0.29) is 19.4 Å². The van der Waals surface area contributed by atoms with Gasteiger partial charge in [-0.3, -0.25) is 9.59 Å². The Bertz CT molecular complexity index is 305. The van der Waals surface area contributed by atoms with E-state index in [0.717, 1.165) is 4.90 Å². The molecular weight excluding hydrogens is 263 g/mol. The van der Waals surface area contributed by atoms with Crippen molar-refractivity contribution in [2.24, 2.45) is 5.92 Å². The average Bonchev–Trinajstić information content (AvgIpc) is 2.21. The summed E-state index contributed by atoms with van der Waals surface area (Å²) in [7, 11) is 0. The third-order valence-corrected chi connectivity index (χ3v) is 2.55. The zero-order chi connectivity index (χ0) is 15.1. The van der Waals surface area contributed by atoms with Crippen LogP contribution in [0.3, 0.4) is 0 Å². The number of amides is 1. The van der Waals surface area contributed by atoms with Crippen molar-refractivity contribution in [2.45, 2.75) is 45.7 Å². The maximum atomic E-state index is 12.4. The number of carbonyl (C=O) groups excluding carboxylic acids is 1. The molecule has 0 aromatic carbocycles. The highest BCUT2D eigenvalue weighted by Gasteiger charge is 2.33. The molecule has 1 unspecified atom stereocenters. The average molecular weight is 283 g/mol. The van der Waals surface area contributed by atoms with Crippen molar-refractivity contribution in [1.82, 2.24) is 4.90 Å². The number of nitrogens with zero attached hydrogens (tertiary/aromatic N) is 1. The number of carboxylic acids is 1. The summed E-state index contributed by atoms with van der Waals surface area (Å²) in [5, 5.41) is 8.56. The molecule has 0 saturated heterocycles. The van der Waals surface area contributed by atoms with Crippen LogP contribution in [0, 0.1) is 5.92 Å². The fourth-order valence-electron chi connectivity index (χ4n) is 1.65. The number of aliphatic carboxylic acids is 1. The van der Waals surface area contributed by atoms with E-state index < -0.39 is 30.5 Å². The van der Waals surface area contributed by atoms with Crippen LogP contribution in [-0.2, 0) is 9.59 Å². The summed E-state index contributed by atoms with van der Waals surface area (Å²) in [6, 6.07) is 0. The standard InChI is InChI=1S/C12H20F3NO3/c1-3-4-5-16(8-12(13,14)15)10(17)6-9(2)7-11(18)19/h9H,3-8H2,1-2H3,(H,18,19). The summed E-state index contributed by atoms with van der Waals surface area (Å²) in [5.74, 6) is -2.17. The number of hydrogen-bond donors (Lipinski definition) is 1. The minimum atomic E-state index is -4.43. The Morgan fingerprint density at radius 1 is 1.26 bits per heavy atom. The first-order chi connectivity index (χ1) is 8.65. The highest BCUT2D eigenvalue weighted by molar-refractivity contribution is 5.77. The van der Waals surface area contributed by atoms with Crippen molar-refractivity contribution in [2.75, 3.05) is 13.1 Å². The lowest BCUT2D eigenvalue weighted by atomic mass is 10.0. The molecule has 0 aliphatic heterocycles. The number of unbranched alkanes of at least 4 members (excludes halogenated alkanes) is 1. The predicted molar refractivity (Wildman–Crippen MR) is 63.6 cm³/mol. The quantitative estimate of drug-likeness (QED) is 0.745. The largest absolute Gasteiger partial charge is 0.481 e. The van der Waals surface area contributed by atoms with E-state index in [9.17, 15) is 22.8 Å². The molecule has 0 heterocycles. The third-order valence-electron chi connectivity index (χ3n) is 2.55. The maximum absolute atomic E-state index is 12.4. The Kier molecular flexibility index (Phi) is 7.48. The zero-order valence-electron chi connectivity index (χ0n) is 11.2. The van der Waals surface area contributed by atoms with Gasteiger partial charge in [0.25, 0.3) is 0 Å². The van der Waals surface area contributed by atoms with Crippen molar-refractivity contribution in [3.8, 4) is 0 Å². The van der Waals surface area contributed by atoms with Crippen LogP contribution < -0.4 is 0 Å². The highest BCUT2D eigenvalue weighted by Crippen LogP contribution is 2.19. The van der Waals surface area contributed by atoms with Crippen molar-refractivity contribution in [3.05, 3.63) is 0 Å². The van der Waals surface area contributed by atoms with Gasteiger partial charge in [-0.25, -0.2) is 0 Å². The SMILES string of the molecule is CCCCN(CC(F)(F)F)C(=O)CC(C)CC(=O)O. The number of carbonyl (C=O) groups is 2. The molecule has 0 aliphatic rings. The molecule has 7 heteroatoms. The zero-order valence-corrected chi connectivity index (χ0v) is 11.2. The van der Waals surface area contributed by atoms with Gasteiger partial charge in [0, 0.05) is 19.4 Å². The van der Waals surface area contributed by atoms with E-state index >= 15 is 0 Å². The molecule has 0 aromatic rings. The van der Waals surface area contributed by atoms with Gasteiger partial charge in [0.15, 0.2) is 0 Å². The fourth-order valence-corrected chi connectivity index (χ4v) is 1.65. The Hall–Kier alpha value is -1.27. The summed E-state index contributed by atoms with van der Waals surface area (Å²) >= 11 is 0. The van der Waals surface area contributed by atoms with Gasteiger partial charge < -0.3 is 10.0 Å². The molecule has 1 N–H and O–H groups in total. The van der Waals surface area contributed by atoms with Crippen LogP contribution in [0.1, 0.15) is 39.5 Å². The Labute approximate surface area is 110 Å². The molecule has 0 radical (unpaired) electrons. The summed E-state index contributed by atoms with van der Waals surface area (Å²) in [5.41, 5.74) is 0. The highest BCUT2D eigenvalue weighted by atomic mass is 19.4. The smallest absolute Gasteiger partial charge is 0.406 e. The van der Waals surface area contributed by atoms with E-state index in [0.29, 0.717) is 12.8 Å². The van der Waals surface area contributed by atoms with Crippen LogP contribution in [0.5, 0.6) is 0 Å². The van der Waals surface area contributed by atoms with Crippen LogP contribution in [0.15, 0.2) is 0 Å². The van der Waals surface area contributed by atoms with Gasteiger partial charge in [0.05, 0.1) is 0 Å². The Morgan fingerprint density at radius 2 is 1.84 bits per heavy atom. The van der Waals surface area contributed by atoms with Gasteiger partial charge in [0.2, 0.25) is 5.91 Å². The van der Waals surface area contributed by atoms with Gasteiger partial charge >= 0.3 is 12.1 Å². The molecule has 0 spiro atoms. The Balaban J connectivity index is 4.48. The summed E-state index contributed by atoms with van der Waals surface area (Å²) < 4.78 is 37.1. The number of rotatable bonds is 8. The molecule has 0 rings (SSSR count). The minimum absolute atomic E-state index is 0.0502. The normalized spacial score (nSPS) is 13.1. The van der Waals surface area contributed by atoms with E-state index in [1.54, 1.807) is 0 Å². The molecule has 19 heavy (non-hydrogen) atoms. The molecule has 0 aromatic heterocycles. The van der Waals surface area contributed by atoms with Crippen molar-refractivity contribution < 1.29 is 27.9 Å². The van der Waals surface area contributed by atoms with E-state index in [2.05, 4.69) is 0 Å². The molecule has 4 nitrogen and oxygen atoms in total. The first kappa shape index (κ1) is 17.7. The van der Waals surface area contributed by atoms with Gasteiger partial charge in [-0.15, -0.1) is 0 Å². The lowest BCUT2D eigenvalue weighted by Crippen LogP contribution is -2.40. The van der Waals surface area contributed by atoms with Crippen LogP contribution in [-0.4, -0.2) is 41.1 Å². The van der Waals surface area contributed by atoms with Crippen LogP contribution in [0.2, 0.25) is 0 Å². The first-order valence-corrected chi connectivity index (χ1v) is 6.22. The molecule has 1 amide bonds. The number of halogens is 3. The third kappa shape index (κ3) is 9.32. The summed E-state index contributed by atoms with van der Waals surface area (Å²) in [6.45, 7) is 2.14. The Morgan fingerprint density at radius 3 is 2.26 bits per heavy atom. The molecule has 112 valence electrons. The predicted octanol–water partition coefficient (Wildman–Crippen LogP) is 2.68. The summed E-state index contributed by atoms with van der Waals surface area (Å²) in [4.78, 5) is 23.0. The van der Waals surface area contributed by atoms with E-state index in [1.165, 1.54) is 6.92 Å². The van der Waals surface area contributed by atoms with Crippen LogP contribution >= 0.6 is 0 Å². The number of carboxylic acid groups (broad SMARTS) is 1. The molecule has 1 atom stereocenters. The van der Waals surface area contributed by atoms with E-state index in [1.807, 2.05) is 6.92 Å². The monoisotopic (exact) mass is 283 g/mol. The molecule has 0 saturated carbocycles. The number of hydrogen-bond acceptors (Lipinski definition) is 2. The second-order valence-electron chi connectivity index (χ2n) is 4.69. The maximum Gasteiger partial charge on any atom is 0.406 e. The number of alkyl halides is 3. The van der Waals surface area contributed by atoms with Gasteiger partial charge in [-0.2, -0.15) is 13.2 Å². The fraction of sp³-hybridized carbons (Fsp3) is 0.833. The molecular formula is C12H20F3NO3. The second kappa shape index (κ2) is 8.01. The first-order valence-electron chi connectivity index (χ1n) is 6.22. The molecule has 0 bridgehead atoms. The van der Waals surface area contributed by atoms with E-state index in [4.69, 9.17) is 5.11 Å². The van der Waals surface area contributed by atoms with Crippen molar-refractivity contribution in [3.63, 3.8) is 0 Å². The van der Waals surface area contributed by atoms with Crippen LogP contribution in [0.25, 0.3) is 0 Å². The minimum Gasteiger partial charge on any atom is -0.481 e. The summed E-state index contributed by atoms with van der Waals surface area (Å²) in [6.07, 6.45) is -3.65.